The standard InChI is InChI=1S/C9H13N3O3/c1-5-4-12(9(15)11-8(5)14)6-2-10-3-7(6)13/h4,6-7,10,13H,2-3H2,1H3,(H,11,14,15)/t6?,7-/m1/s1. The van der Waals surface area contributed by atoms with Gasteiger partial charge in [0.15, 0.2) is 0 Å². The number of aromatic nitrogens is 2. The predicted octanol–water partition coefficient (Wildman–Crippen LogP) is -1.65. The molecule has 0 amide bonds. The maximum atomic E-state index is 11.5. The molecule has 1 aromatic rings. The molecular weight excluding hydrogens is 198 g/mol. The summed E-state index contributed by atoms with van der Waals surface area (Å²) in [4.78, 5) is 24.9. The molecule has 6 nitrogen and oxygen atoms in total. The number of hydrogen-bond acceptors (Lipinski definition) is 4. The third-order valence-corrected chi connectivity index (χ3v) is 2.65. The number of rotatable bonds is 1. The molecular formula is C9H13N3O3. The predicted molar refractivity (Wildman–Crippen MR) is 54.0 cm³/mol. The molecule has 1 fully saturated rings. The van der Waals surface area contributed by atoms with E-state index in [1.807, 2.05) is 0 Å². The molecule has 0 aromatic carbocycles. The monoisotopic (exact) mass is 211 g/mol. The van der Waals surface area contributed by atoms with E-state index < -0.39 is 11.8 Å². The fourth-order valence-electron chi connectivity index (χ4n) is 1.77. The van der Waals surface area contributed by atoms with Gasteiger partial charge < -0.3 is 10.4 Å². The van der Waals surface area contributed by atoms with Crippen molar-refractivity contribution in [2.45, 2.75) is 19.1 Å². The summed E-state index contributed by atoms with van der Waals surface area (Å²) in [7, 11) is 0. The van der Waals surface area contributed by atoms with Crippen LogP contribution in [0.5, 0.6) is 0 Å². The summed E-state index contributed by atoms with van der Waals surface area (Å²) >= 11 is 0. The lowest BCUT2D eigenvalue weighted by Crippen LogP contribution is -2.37. The van der Waals surface area contributed by atoms with Gasteiger partial charge in [0.2, 0.25) is 0 Å². The van der Waals surface area contributed by atoms with E-state index >= 15 is 0 Å². The van der Waals surface area contributed by atoms with E-state index in [0.29, 0.717) is 18.7 Å². The molecule has 1 aliphatic heterocycles. The molecule has 6 heteroatoms. The van der Waals surface area contributed by atoms with Gasteiger partial charge in [-0.1, -0.05) is 0 Å². The van der Waals surface area contributed by atoms with Gasteiger partial charge in [0.25, 0.3) is 5.56 Å². The van der Waals surface area contributed by atoms with E-state index in [4.69, 9.17) is 0 Å². The summed E-state index contributed by atoms with van der Waals surface area (Å²) in [6.45, 7) is 2.63. The number of aryl methyl sites for hydroxylation is 1. The van der Waals surface area contributed by atoms with Crippen molar-refractivity contribution in [1.29, 1.82) is 0 Å². The number of hydrogen-bond donors (Lipinski definition) is 3. The molecule has 1 aliphatic rings. The van der Waals surface area contributed by atoms with E-state index in [1.165, 1.54) is 10.8 Å². The summed E-state index contributed by atoms with van der Waals surface area (Å²) in [5, 5.41) is 12.6. The average molecular weight is 211 g/mol. The normalized spacial score (nSPS) is 25.7. The zero-order chi connectivity index (χ0) is 11.0. The van der Waals surface area contributed by atoms with Gasteiger partial charge in [-0.15, -0.1) is 0 Å². The van der Waals surface area contributed by atoms with Crippen molar-refractivity contribution in [3.8, 4) is 0 Å². The summed E-state index contributed by atoms with van der Waals surface area (Å²) < 4.78 is 1.38. The molecule has 0 radical (unpaired) electrons. The van der Waals surface area contributed by atoms with E-state index in [0.717, 1.165) is 0 Å². The molecule has 1 aromatic heterocycles. The van der Waals surface area contributed by atoms with E-state index in [9.17, 15) is 14.7 Å². The highest BCUT2D eigenvalue weighted by molar-refractivity contribution is 5.03. The highest BCUT2D eigenvalue weighted by atomic mass is 16.3. The molecule has 0 bridgehead atoms. The number of aliphatic hydroxyl groups is 1. The molecule has 3 N–H and O–H groups in total. The number of β-amino-alcohol motifs (C(OH)–C–C–N with tert-alkyl or cyclic N) is 1. The minimum absolute atomic E-state index is 0.298. The Morgan fingerprint density at radius 3 is 2.80 bits per heavy atom. The van der Waals surface area contributed by atoms with Gasteiger partial charge in [0.1, 0.15) is 0 Å². The Kier molecular flexibility index (Phi) is 2.45. The Morgan fingerprint density at radius 1 is 1.47 bits per heavy atom. The van der Waals surface area contributed by atoms with Crippen LogP contribution in [0.15, 0.2) is 15.8 Å². The topological polar surface area (TPSA) is 87.1 Å². The second-order valence-electron chi connectivity index (χ2n) is 3.77. The lowest BCUT2D eigenvalue weighted by molar-refractivity contribution is 0.148. The third kappa shape index (κ3) is 1.73. The van der Waals surface area contributed by atoms with Gasteiger partial charge in [-0.05, 0) is 6.92 Å². The molecule has 2 rings (SSSR count). The van der Waals surface area contributed by atoms with E-state index in [-0.39, 0.29) is 11.6 Å². The maximum Gasteiger partial charge on any atom is 0.328 e. The lowest BCUT2D eigenvalue weighted by Gasteiger charge is -2.16. The molecule has 1 unspecified atom stereocenters. The minimum atomic E-state index is -0.590. The Labute approximate surface area is 85.6 Å². The van der Waals surface area contributed by atoms with Crippen LogP contribution in [0.2, 0.25) is 0 Å². The van der Waals surface area contributed by atoms with Crippen LogP contribution in [0.1, 0.15) is 11.6 Å². The molecule has 0 spiro atoms. The first-order valence-corrected chi connectivity index (χ1v) is 4.80. The van der Waals surface area contributed by atoms with Crippen LogP contribution >= 0.6 is 0 Å². The second kappa shape index (κ2) is 3.63. The van der Waals surface area contributed by atoms with Gasteiger partial charge in [-0.25, -0.2) is 4.79 Å². The lowest BCUT2D eigenvalue weighted by atomic mass is 10.2. The first-order chi connectivity index (χ1) is 7.09. The van der Waals surface area contributed by atoms with Gasteiger partial charge in [-0.3, -0.25) is 14.3 Å². The van der Waals surface area contributed by atoms with Gasteiger partial charge in [0.05, 0.1) is 12.1 Å². The molecule has 2 atom stereocenters. The highest BCUT2D eigenvalue weighted by Crippen LogP contribution is 2.12. The SMILES string of the molecule is Cc1cn(C2CNC[C@H]2O)c(=O)[nH]c1=O. The van der Waals surface area contributed by atoms with Crippen LogP contribution in [0.3, 0.4) is 0 Å². The average Bonchev–Trinajstić information content (AvgIpc) is 2.58. The van der Waals surface area contributed by atoms with Crippen LogP contribution < -0.4 is 16.6 Å². The smallest absolute Gasteiger partial charge is 0.328 e. The summed E-state index contributed by atoms with van der Waals surface area (Å²) in [6.07, 6.45) is 0.898. The van der Waals surface area contributed by atoms with Crippen molar-refractivity contribution >= 4 is 0 Å². The van der Waals surface area contributed by atoms with Crippen LogP contribution in [-0.2, 0) is 0 Å². The first kappa shape index (κ1) is 10.1. The van der Waals surface area contributed by atoms with Crippen LogP contribution in [0.25, 0.3) is 0 Å². The van der Waals surface area contributed by atoms with Crippen LogP contribution in [0, 0.1) is 6.92 Å². The molecule has 0 saturated carbocycles. The van der Waals surface area contributed by atoms with Crippen LogP contribution in [0.4, 0.5) is 0 Å². The van der Waals surface area contributed by atoms with Crippen molar-refractivity contribution in [1.82, 2.24) is 14.9 Å². The van der Waals surface area contributed by atoms with Crippen LogP contribution in [-0.4, -0.2) is 33.9 Å². The highest BCUT2D eigenvalue weighted by Gasteiger charge is 2.27. The van der Waals surface area contributed by atoms with Gasteiger partial charge in [0, 0.05) is 24.8 Å². The fourth-order valence-corrected chi connectivity index (χ4v) is 1.77. The van der Waals surface area contributed by atoms with Crippen molar-refractivity contribution in [3.05, 3.63) is 32.6 Å². The maximum absolute atomic E-state index is 11.5. The Morgan fingerprint density at radius 2 is 2.20 bits per heavy atom. The number of H-pyrrole nitrogens is 1. The van der Waals surface area contributed by atoms with Gasteiger partial charge in [-0.2, -0.15) is 0 Å². The molecule has 0 aliphatic carbocycles. The molecule has 82 valence electrons. The number of aromatic amines is 1. The first-order valence-electron chi connectivity index (χ1n) is 4.80. The summed E-state index contributed by atoms with van der Waals surface area (Å²) in [5.41, 5.74) is -0.385. The largest absolute Gasteiger partial charge is 0.390 e. The van der Waals surface area contributed by atoms with Crippen molar-refractivity contribution in [2.75, 3.05) is 13.1 Å². The number of nitrogens with one attached hydrogen (secondary N) is 2. The Hall–Kier alpha value is -1.40. The third-order valence-electron chi connectivity index (χ3n) is 2.65. The van der Waals surface area contributed by atoms with Crippen molar-refractivity contribution in [3.63, 3.8) is 0 Å². The van der Waals surface area contributed by atoms with Crippen molar-refractivity contribution < 1.29 is 5.11 Å². The summed E-state index contributed by atoms with van der Waals surface area (Å²) in [6, 6.07) is -0.298. The van der Waals surface area contributed by atoms with E-state index in [1.54, 1.807) is 6.92 Å². The molecule has 1 saturated heterocycles. The second-order valence-corrected chi connectivity index (χ2v) is 3.77. The Balaban J connectivity index is 2.48. The quantitative estimate of drug-likeness (QED) is 0.519. The molecule has 15 heavy (non-hydrogen) atoms. The number of nitrogens with zero attached hydrogens (tertiary/aromatic N) is 1. The fraction of sp³-hybridized carbons (Fsp3) is 0.556. The molecule has 2 heterocycles. The zero-order valence-corrected chi connectivity index (χ0v) is 8.36. The number of aliphatic hydroxyl groups excluding tert-OH is 1. The van der Waals surface area contributed by atoms with E-state index in [2.05, 4.69) is 10.3 Å². The minimum Gasteiger partial charge on any atom is -0.390 e. The Bertz CT molecular complexity index is 476. The summed E-state index contributed by atoms with van der Waals surface area (Å²) in [5.74, 6) is 0. The zero-order valence-electron chi connectivity index (χ0n) is 8.36. The van der Waals surface area contributed by atoms with Crippen molar-refractivity contribution in [2.24, 2.45) is 0 Å². The van der Waals surface area contributed by atoms with Gasteiger partial charge >= 0.3 is 5.69 Å².